The molecule has 27 heavy (non-hydrogen) atoms. The highest BCUT2D eigenvalue weighted by Gasteiger charge is 2.31. The summed E-state index contributed by atoms with van der Waals surface area (Å²) < 4.78 is 5.37. The first-order chi connectivity index (χ1) is 13.1. The van der Waals surface area contributed by atoms with Gasteiger partial charge < -0.3 is 19.4 Å². The minimum Gasteiger partial charge on any atom is -0.495 e. The molecule has 0 aromatic heterocycles. The minimum atomic E-state index is -0.0446. The molecule has 0 saturated carbocycles. The molecule has 1 aromatic carbocycles. The molecule has 0 unspecified atom stereocenters. The Kier molecular flexibility index (Phi) is 6.72. The molecule has 0 aliphatic carbocycles. The van der Waals surface area contributed by atoms with Crippen molar-refractivity contribution < 1.29 is 14.3 Å². The Hall–Kier alpha value is -2.08. The summed E-state index contributed by atoms with van der Waals surface area (Å²) in [6, 6.07) is 7.52. The van der Waals surface area contributed by atoms with Gasteiger partial charge in [0.1, 0.15) is 12.3 Å². The first kappa shape index (κ1) is 19.7. The maximum Gasteiger partial charge on any atom is 0.246 e. The SMILES string of the molecule is CCCN1CCC(CC(=O)N2CCN(c3ccccc3OC)C(=O)C2)CC1. The summed E-state index contributed by atoms with van der Waals surface area (Å²) in [5.74, 6) is 1.21. The number of hydrogen-bond donors (Lipinski definition) is 0. The number of piperazine rings is 1. The second kappa shape index (κ2) is 9.22. The normalized spacial score (nSPS) is 19.4. The van der Waals surface area contributed by atoms with E-state index in [1.807, 2.05) is 24.3 Å². The fraction of sp³-hybridized carbons (Fsp3) is 0.619. The molecule has 2 saturated heterocycles. The van der Waals surface area contributed by atoms with Crippen LogP contribution in [-0.2, 0) is 9.59 Å². The monoisotopic (exact) mass is 373 g/mol. The molecule has 0 atom stereocenters. The number of hydrogen-bond acceptors (Lipinski definition) is 4. The first-order valence-electron chi connectivity index (χ1n) is 10.1. The second-order valence-electron chi connectivity index (χ2n) is 7.52. The molecule has 2 amide bonds. The number of methoxy groups -OCH3 is 1. The number of carbonyl (C=O) groups excluding carboxylic acids is 2. The molecular formula is C21H31N3O3. The van der Waals surface area contributed by atoms with Gasteiger partial charge in [0, 0.05) is 19.5 Å². The summed E-state index contributed by atoms with van der Waals surface area (Å²) in [5, 5.41) is 0. The maximum absolute atomic E-state index is 12.7. The van der Waals surface area contributed by atoms with Crippen molar-refractivity contribution >= 4 is 17.5 Å². The van der Waals surface area contributed by atoms with Gasteiger partial charge in [-0.1, -0.05) is 19.1 Å². The predicted molar refractivity (Wildman–Crippen MR) is 106 cm³/mol. The van der Waals surface area contributed by atoms with Gasteiger partial charge >= 0.3 is 0 Å². The number of para-hydroxylation sites is 2. The van der Waals surface area contributed by atoms with Gasteiger partial charge in [0.15, 0.2) is 0 Å². The third-order valence-electron chi connectivity index (χ3n) is 5.66. The molecule has 0 bridgehead atoms. The average molecular weight is 373 g/mol. The van der Waals surface area contributed by atoms with Crippen molar-refractivity contribution in [2.75, 3.05) is 51.3 Å². The lowest BCUT2D eigenvalue weighted by Gasteiger charge is -2.36. The van der Waals surface area contributed by atoms with Crippen LogP contribution in [0.1, 0.15) is 32.6 Å². The predicted octanol–water partition coefficient (Wildman–Crippen LogP) is 2.38. The van der Waals surface area contributed by atoms with Crippen LogP contribution in [0.15, 0.2) is 24.3 Å². The van der Waals surface area contributed by atoms with Crippen LogP contribution in [0.3, 0.4) is 0 Å². The lowest BCUT2D eigenvalue weighted by molar-refractivity contribution is -0.137. The van der Waals surface area contributed by atoms with Crippen LogP contribution in [0.25, 0.3) is 0 Å². The average Bonchev–Trinajstić information content (AvgIpc) is 2.69. The summed E-state index contributed by atoms with van der Waals surface area (Å²) in [6.45, 7) is 6.79. The van der Waals surface area contributed by atoms with E-state index in [1.54, 1.807) is 16.9 Å². The van der Waals surface area contributed by atoms with Crippen molar-refractivity contribution in [2.45, 2.75) is 32.6 Å². The molecule has 2 aliphatic heterocycles. The summed E-state index contributed by atoms with van der Waals surface area (Å²) in [5.41, 5.74) is 0.778. The van der Waals surface area contributed by atoms with Crippen LogP contribution in [-0.4, -0.2) is 68.0 Å². The topological polar surface area (TPSA) is 53.1 Å². The van der Waals surface area contributed by atoms with Gasteiger partial charge in [-0.2, -0.15) is 0 Å². The Morgan fingerprint density at radius 3 is 2.56 bits per heavy atom. The number of piperidine rings is 1. The number of carbonyl (C=O) groups is 2. The number of benzene rings is 1. The number of ether oxygens (including phenoxy) is 1. The number of rotatable bonds is 6. The van der Waals surface area contributed by atoms with Crippen LogP contribution in [0.2, 0.25) is 0 Å². The molecule has 0 radical (unpaired) electrons. The zero-order valence-corrected chi connectivity index (χ0v) is 16.5. The van der Waals surface area contributed by atoms with E-state index in [1.165, 1.54) is 6.42 Å². The highest BCUT2D eigenvalue weighted by molar-refractivity contribution is 5.99. The molecule has 6 heteroatoms. The van der Waals surface area contributed by atoms with Gasteiger partial charge in [0.05, 0.1) is 12.8 Å². The minimum absolute atomic E-state index is 0.0446. The molecule has 2 heterocycles. The van der Waals surface area contributed by atoms with Crippen LogP contribution in [0.5, 0.6) is 5.75 Å². The van der Waals surface area contributed by atoms with E-state index in [4.69, 9.17) is 4.74 Å². The molecular weight excluding hydrogens is 342 g/mol. The molecule has 1 aromatic rings. The highest BCUT2D eigenvalue weighted by atomic mass is 16.5. The molecule has 2 fully saturated rings. The van der Waals surface area contributed by atoms with Crippen LogP contribution < -0.4 is 9.64 Å². The molecule has 6 nitrogen and oxygen atoms in total. The molecule has 0 spiro atoms. The molecule has 0 N–H and O–H groups in total. The standard InChI is InChI=1S/C21H31N3O3/c1-3-10-22-11-8-17(9-12-22)15-20(25)23-13-14-24(21(26)16-23)18-6-4-5-7-19(18)27-2/h4-7,17H,3,8-16H2,1-2H3. The molecule has 2 aliphatic rings. The zero-order valence-electron chi connectivity index (χ0n) is 16.5. The van der Waals surface area contributed by atoms with Gasteiger partial charge in [0.2, 0.25) is 11.8 Å². The van der Waals surface area contributed by atoms with Gasteiger partial charge in [0.25, 0.3) is 0 Å². The Morgan fingerprint density at radius 2 is 1.89 bits per heavy atom. The molecule has 148 valence electrons. The smallest absolute Gasteiger partial charge is 0.246 e. The Balaban J connectivity index is 1.52. The Morgan fingerprint density at radius 1 is 1.15 bits per heavy atom. The van der Waals surface area contributed by atoms with Gasteiger partial charge in [-0.05, 0) is 56.9 Å². The Bertz CT molecular complexity index is 656. The first-order valence-corrected chi connectivity index (χ1v) is 10.1. The Labute approximate surface area is 162 Å². The second-order valence-corrected chi connectivity index (χ2v) is 7.52. The largest absolute Gasteiger partial charge is 0.495 e. The van der Waals surface area contributed by atoms with Crippen molar-refractivity contribution in [1.82, 2.24) is 9.80 Å². The number of nitrogens with zero attached hydrogens (tertiary/aromatic N) is 3. The number of anilines is 1. The maximum atomic E-state index is 12.7. The zero-order chi connectivity index (χ0) is 19.2. The third-order valence-corrected chi connectivity index (χ3v) is 5.66. The number of amides is 2. The third kappa shape index (κ3) is 4.80. The summed E-state index contributed by atoms with van der Waals surface area (Å²) in [7, 11) is 1.61. The van der Waals surface area contributed by atoms with Crippen LogP contribution in [0, 0.1) is 5.92 Å². The lowest BCUT2D eigenvalue weighted by atomic mass is 9.92. The fourth-order valence-electron chi connectivity index (χ4n) is 4.10. The van der Waals surface area contributed by atoms with Gasteiger partial charge in [-0.15, -0.1) is 0 Å². The van der Waals surface area contributed by atoms with Crippen molar-refractivity contribution in [3.8, 4) is 5.75 Å². The van der Waals surface area contributed by atoms with E-state index >= 15 is 0 Å². The van der Waals surface area contributed by atoms with Crippen molar-refractivity contribution in [2.24, 2.45) is 5.92 Å². The summed E-state index contributed by atoms with van der Waals surface area (Å²) in [4.78, 5) is 31.3. The van der Waals surface area contributed by atoms with E-state index in [9.17, 15) is 9.59 Å². The van der Waals surface area contributed by atoms with E-state index in [0.29, 0.717) is 31.2 Å². The quantitative estimate of drug-likeness (QED) is 0.768. The van der Waals surface area contributed by atoms with Gasteiger partial charge in [-0.25, -0.2) is 0 Å². The summed E-state index contributed by atoms with van der Waals surface area (Å²) in [6.07, 6.45) is 3.92. The lowest BCUT2D eigenvalue weighted by Crippen LogP contribution is -2.52. The van der Waals surface area contributed by atoms with Crippen molar-refractivity contribution in [3.63, 3.8) is 0 Å². The van der Waals surface area contributed by atoms with Crippen molar-refractivity contribution in [1.29, 1.82) is 0 Å². The van der Waals surface area contributed by atoms with E-state index < -0.39 is 0 Å². The highest BCUT2D eigenvalue weighted by Crippen LogP contribution is 2.29. The van der Waals surface area contributed by atoms with Gasteiger partial charge in [-0.3, -0.25) is 9.59 Å². The summed E-state index contributed by atoms with van der Waals surface area (Å²) >= 11 is 0. The van der Waals surface area contributed by atoms with Crippen LogP contribution in [0.4, 0.5) is 5.69 Å². The van der Waals surface area contributed by atoms with Crippen LogP contribution >= 0.6 is 0 Å². The number of likely N-dealkylation sites (tertiary alicyclic amines) is 1. The van der Waals surface area contributed by atoms with Crippen molar-refractivity contribution in [3.05, 3.63) is 24.3 Å². The van der Waals surface area contributed by atoms with E-state index in [2.05, 4.69) is 11.8 Å². The fourth-order valence-corrected chi connectivity index (χ4v) is 4.10. The van der Waals surface area contributed by atoms with E-state index in [-0.39, 0.29) is 18.4 Å². The van der Waals surface area contributed by atoms with E-state index in [0.717, 1.165) is 38.2 Å². The molecule has 3 rings (SSSR count).